The number of anilines is 1. The number of carboxylic acid groups (broad SMARTS) is 1. The molecule has 1 amide bonds. The number of amides is 1. The van der Waals surface area contributed by atoms with E-state index in [1.807, 2.05) is 43.3 Å². The Balaban J connectivity index is 1.57. The first-order chi connectivity index (χ1) is 15.2. The van der Waals surface area contributed by atoms with Gasteiger partial charge in [-0.3, -0.25) is 4.79 Å². The Morgan fingerprint density at radius 3 is 2.56 bits per heavy atom. The van der Waals surface area contributed by atoms with Crippen LogP contribution in [-0.2, 0) is 19.4 Å². The van der Waals surface area contributed by atoms with Crippen LogP contribution in [0.1, 0.15) is 62.6 Å². The predicted molar refractivity (Wildman–Crippen MR) is 127 cm³/mol. The minimum Gasteiger partial charge on any atom is -0.489 e. The number of carboxylic acids is 1. The summed E-state index contributed by atoms with van der Waals surface area (Å²) in [6.45, 7) is 6.56. The Kier molecular flexibility index (Phi) is 6.07. The first kappa shape index (κ1) is 22.1. The van der Waals surface area contributed by atoms with Crippen molar-refractivity contribution in [3.05, 3.63) is 81.2 Å². The van der Waals surface area contributed by atoms with E-state index in [1.54, 1.807) is 12.1 Å². The Morgan fingerprint density at radius 1 is 1.12 bits per heavy atom. The molecule has 0 unspecified atom stereocenters. The molecular formula is C26H27NO4S. The normalized spacial score (nSPS) is 14.5. The van der Waals surface area contributed by atoms with Crippen LogP contribution in [0, 0.1) is 12.3 Å². The highest BCUT2D eigenvalue weighted by Gasteiger charge is 2.33. The highest BCUT2D eigenvalue weighted by atomic mass is 32.1. The zero-order valence-corrected chi connectivity index (χ0v) is 19.3. The lowest BCUT2D eigenvalue weighted by Gasteiger charge is -2.29. The molecule has 0 bridgehead atoms. The second-order valence-electron chi connectivity index (χ2n) is 9.07. The van der Waals surface area contributed by atoms with Gasteiger partial charge in [-0.2, -0.15) is 0 Å². The second kappa shape index (κ2) is 8.79. The molecular weight excluding hydrogens is 422 g/mol. The molecule has 0 fully saturated rings. The van der Waals surface area contributed by atoms with Gasteiger partial charge in [0, 0.05) is 16.0 Å². The van der Waals surface area contributed by atoms with Gasteiger partial charge < -0.3 is 15.2 Å². The maximum absolute atomic E-state index is 13.2. The van der Waals surface area contributed by atoms with Gasteiger partial charge >= 0.3 is 5.97 Å². The molecule has 2 aromatic carbocycles. The zero-order chi connectivity index (χ0) is 22.9. The van der Waals surface area contributed by atoms with Gasteiger partial charge in [0.15, 0.2) is 0 Å². The number of aromatic carboxylic acids is 1. The largest absolute Gasteiger partial charge is 0.489 e. The number of carbonyl (C=O) groups excluding carboxylic acids is 1. The summed E-state index contributed by atoms with van der Waals surface area (Å²) in [5.41, 5.74) is 3.52. The highest BCUT2D eigenvalue weighted by molar-refractivity contribution is 7.17. The molecule has 0 saturated carbocycles. The van der Waals surface area contributed by atoms with Crippen molar-refractivity contribution in [2.24, 2.45) is 5.41 Å². The fourth-order valence-corrected chi connectivity index (χ4v) is 5.27. The summed E-state index contributed by atoms with van der Waals surface area (Å²) in [6, 6.07) is 15.0. The van der Waals surface area contributed by atoms with E-state index in [0.717, 1.165) is 40.2 Å². The van der Waals surface area contributed by atoms with E-state index >= 15 is 0 Å². The van der Waals surface area contributed by atoms with Crippen LogP contribution < -0.4 is 10.1 Å². The van der Waals surface area contributed by atoms with E-state index in [9.17, 15) is 14.7 Å². The Hall–Kier alpha value is -3.12. The molecule has 5 nitrogen and oxygen atoms in total. The number of carbonyl (C=O) groups is 2. The molecule has 0 aliphatic heterocycles. The predicted octanol–water partition coefficient (Wildman–Crippen LogP) is 6.10. The van der Waals surface area contributed by atoms with Crippen LogP contribution in [0.2, 0.25) is 0 Å². The molecule has 0 spiro atoms. The maximum Gasteiger partial charge on any atom is 0.339 e. The standard InChI is InChI=1S/C26H27NO4S/c1-16-8-10-18(11-9-16)31-15-17-6-4-5-7-19(17)23(28)27-24-22(25(29)30)20-14-26(2,3)13-12-21(20)32-24/h4-11H,12-15H2,1-3H3,(H,27,28)(H,29,30). The monoisotopic (exact) mass is 449 g/mol. The zero-order valence-electron chi connectivity index (χ0n) is 18.5. The topological polar surface area (TPSA) is 75.6 Å². The van der Waals surface area contributed by atoms with Gasteiger partial charge in [-0.15, -0.1) is 11.3 Å². The number of benzene rings is 2. The summed E-state index contributed by atoms with van der Waals surface area (Å²) in [5.74, 6) is -0.590. The number of aryl methyl sites for hydroxylation is 2. The van der Waals surface area contributed by atoms with Crippen molar-refractivity contribution in [2.75, 3.05) is 5.32 Å². The lowest BCUT2D eigenvalue weighted by Crippen LogP contribution is -2.22. The molecule has 6 heteroatoms. The maximum atomic E-state index is 13.2. The van der Waals surface area contributed by atoms with Crippen LogP contribution >= 0.6 is 11.3 Å². The van der Waals surface area contributed by atoms with E-state index < -0.39 is 5.97 Å². The van der Waals surface area contributed by atoms with Crippen LogP contribution in [0.25, 0.3) is 0 Å². The van der Waals surface area contributed by atoms with Crippen LogP contribution in [0.4, 0.5) is 5.00 Å². The van der Waals surface area contributed by atoms with Gasteiger partial charge in [-0.25, -0.2) is 4.79 Å². The average Bonchev–Trinajstić information content (AvgIpc) is 3.09. The quantitative estimate of drug-likeness (QED) is 0.477. The molecule has 1 aliphatic rings. The number of hydrogen-bond donors (Lipinski definition) is 2. The summed E-state index contributed by atoms with van der Waals surface area (Å²) in [7, 11) is 0. The van der Waals surface area contributed by atoms with Gasteiger partial charge in [0.25, 0.3) is 5.91 Å². The van der Waals surface area contributed by atoms with Crippen molar-refractivity contribution in [3.8, 4) is 5.75 Å². The summed E-state index contributed by atoms with van der Waals surface area (Å²) in [6.07, 6.45) is 2.55. The van der Waals surface area contributed by atoms with E-state index in [1.165, 1.54) is 11.3 Å². The summed E-state index contributed by atoms with van der Waals surface area (Å²) >= 11 is 1.39. The first-order valence-corrected chi connectivity index (χ1v) is 11.5. The van der Waals surface area contributed by atoms with Crippen LogP contribution in [0.3, 0.4) is 0 Å². The molecule has 1 aromatic heterocycles. The Labute approximate surface area is 192 Å². The third-order valence-electron chi connectivity index (χ3n) is 5.89. The van der Waals surface area contributed by atoms with Crippen molar-refractivity contribution in [1.29, 1.82) is 0 Å². The number of hydrogen-bond acceptors (Lipinski definition) is 4. The molecule has 0 saturated heterocycles. The van der Waals surface area contributed by atoms with Gasteiger partial charge in [0.2, 0.25) is 0 Å². The first-order valence-electron chi connectivity index (χ1n) is 10.7. The summed E-state index contributed by atoms with van der Waals surface area (Å²) in [4.78, 5) is 26.3. The van der Waals surface area contributed by atoms with Crippen molar-refractivity contribution in [1.82, 2.24) is 0 Å². The minimum atomic E-state index is -0.994. The Bertz CT molecular complexity index is 1160. The van der Waals surface area contributed by atoms with Crippen LogP contribution in [-0.4, -0.2) is 17.0 Å². The highest BCUT2D eigenvalue weighted by Crippen LogP contribution is 2.44. The fraction of sp³-hybridized carbons (Fsp3) is 0.308. The molecule has 166 valence electrons. The third-order valence-corrected chi connectivity index (χ3v) is 7.10. The lowest BCUT2D eigenvalue weighted by atomic mass is 9.76. The molecule has 0 atom stereocenters. The Morgan fingerprint density at radius 2 is 1.84 bits per heavy atom. The molecule has 2 N–H and O–H groups in total. The van der Waals surface area contributed by atoms with E-state index in [0.29, 0.717) is 17.0 Å². The van der Waals surface area contributed by atoms with E-state index in [-0.39, 0.29) is 23.5 Å². The average molecular weight is 450 g/mol. The van der Waals surface area contributed by atoms with Crippen molar-refractivity contribution >= 4 is 28.2 Å². The van der Waals surface area contributed by atoms with Gasteiger partial charge in [0.1, 0.15) is 17.4 Å². The molecule has 0 radical (unpaired) electrons. The second-order valence-corrected chi connectivity index (χ2v) is 10.2. The van der Waals surface area contributed by atoms with Crippen molar-refractivity contribution < 1.29 is 19.4 Å². The summed E-state index contributed by atoms with van der Waals surface area (Å²) < 4.78 is 5.87. The molecule has 4 rings (SSSR count). The minimum absolute atomic E-state index is 0.0550. The van der Waals surface area contributed by atoms with Gasteiger partial charge in [-0.05, 0) is 55.4 Å². The van der Waals surface area contributed by atoms with E-state index in [4.69, 9.17) is 4.74 Å². The number of fused-ring (bicyclic) bond motifs is 1. The third kappa shape index (κ3) is 4.70. The molecule has 1 heterocycles. The molecule has 3 aromatic rings. The van der Waals surface area contributed by atoms with Crippen molar-refractivity contribution in [2.45, 2.75) is 46.6 Å². The van der Waals surface area contributed by atoms with Crippen LogP contribution in [0.15, 0.2) is 48.5 Å². The summed E-state index contributed by atoms with van der Waals surface area (Å²) in [5, 5.41) is 13.2. The smallest absolute Gasteiger partial charge is 0.339 e. The van der Waals surface area contributed by atoms with Gasteiger partial charge in [0.05, 0.1) is 5.56 Å². The molecule has 1 aliphatic carbocycles. The van der Waals surface area contributed by atoms with Crippen molar-refractivity contribution in [3.63, 3.8) is 0 Å². The number of thiophene rings is 1. The van der Waals surface area contributed by atoms with Crippen LogP contribution in [0.5, 0.6) is 5.75 Å². The lowest BCUT2D eigenvalue weighted by molar-refractivity contribution is 0.0696. The number of ether oxygens (including phenoxy) is 1. The van der Waals surface area contributed by atoms with E-state index in [2.05, 4.69) is 19.2 Å². The molecule has 32 heavy (non-hydrogen) atoms. The number of rotatable bonds is 6. The van der Waals surface area contributed by atoms with Gasteiger partial charge in [-0.1, -0.05) is 49.7 Å². The SMILES string of the molecule is Cc1ccc(OCc2ccccc2C(=O)Nc2sc3c(c2C(=O)O)CC(C)(C)CC3)cc1. The number of nitrogens with one attached hydrogen (secondary N) is 1. The fourth-order valence-electron chi connectivity index (χ4n) is 4.07.